The first-order valence-corrected chi connectivity index (χ1v) is 9.89. The van der Waals surface area contributed by atoms with E-state index in [-0.39, 0.29) is 17.8 Å². The Morgan fingerprint density at radius 1 is 1.20 bits per heavy atom. The van der Waals surface area contributed by atoms with Crippen molar-refractivity contribution in [3.8, 4) is 0 Å². The van der Waals surface area contributed by atoms with E-state index in [4.69, 9.17) is 0 Å². The molecule has 1 N–H and O–H groups in total. The van der Waals surface area contributed by atoms with Crippen molar-refractivity contribution in [1.82, 2.24) is 10.2 Å². The minimum atomic E-state index is -0.446. The monoisotopic (exact) mass is 358 g/mol. The molecular formula is C20H23FN2OS. The van der Waals surface area contributed by atoms with Gasteiger partial charge >= 0.3 is 0 Å². The van der Waals surface area contributed by atoms with Gasteiger partial charge in [-0.1, -0.05) is 18.2 Å². The molecule has 1 atom stereocenters. The van der Waals surface area contributed by atoms with Gasteiger partial charge in [0.05, 0.1) is 11.5 Å². The number of nitrogens with one attached hydrogen (secondary N) is 1. The minimum Gasteiger partial charge on any atom is -0.353 e. The molecule has 1 aliphatic carbocycles. The molecule has 0 bridgehead atoms. The third kappa shape index (κ3) is 3.35. The Morgan fingerprint density at radius 3 is 2.52 bits per heavy atom. The van der Waals surface area contributed by atoms with Crippen LogP contribution in [-0.4, -0.2) is 30.4 Å². The number of likely N-dealkylation sites (tertiary alicyclic amines) is 1. The van der Waals surface area contributed by atoms with Crippen molar-refractivity contribution in [1.29, 1.82) is 0 Å². The molecule has 132 valence electrons. The van der Waals surface area contributed by atoms with Gasteiger partial charge in [-0.3, -0.25) is 9.69 Å². The van der Waals surface area contributed by atoms with E-state index in [0.717, 1.165) is 31.5 Å². The maximum absolute atomic E-state index is 13.2. The number of hydrogen-bond donors (Lipinski definition) is 1. The fourth-order valence-corrected chi connectivity index (χ4v) is 4.70. The van der Waals surface area contributed by atoms with Crippen LogP contribution in [0.1, 0.15) is 42.2 Å². The molecular weight excluding hydrogens is 335 g/mol. The van der Waals surface area contributed by atoms with Gasteiger partial charge < -0.3 is 5.32 Å². The van der Waals surface area contributed by atoms with Crippen molar-refractivity contribution >= 4 is 17.2 Å². The Hall–Kier alpha value is -1.72. The van der Waals surface area contributed by atoms with Crippen molar-refractivity contribution in [2.24, 2.45) is 0 Å². The van der Waals surface area contributed by atoms with E-state index >= 15 is 0 Å². The summed E-state index contributed by atoms with van der Waals surface area (Å²) in [4.78, 5) is 16.7. The molecule has 5 heteroatoms. The molecule has 4 rings (SSSR count). The van der Waals surface area contributed by atoms with Crippen LogP contribution in [0.3, 0.4) is 0 Å². The molecule has 0 radical (unpaired) electrons. The molecule has 1 saturated carbocycles. The summed E-state index contributed by atoms with van der Waals surface area (Å²) >= 11 is 1.76. The molecule has 1 saturated heterocycles. The molecule has 0 spiro atoms. The summed E-state index contributed by atoms with van der Waals surface area (Å²) in [7, 11) is 0. The maximum Gasteiger partial charge on any atom is 0.230 e. The molecule has 25 heavy (non-hydrogen) atoms. The van der Waals surface area contributed by atoms with Gasteiger partial charge in [0, 0.05) is 11.4 Å². The van der Waals surface area contributed by atoms with Crippen LogP contribution in [0.5, 0.6) is 0 Å². The first-order chi connectivity index (χ1) is 12.2. The summed E-state index contributed by atoms with van der Waals surface area (Å²) in [6.45, 7) is 2.84. The van der Waals surface area contributed by atoms with Crippen molar-refractivity contribution in [2.75, 3.05) is 19.6 Å². The Labute approximate surface area is 151 Å². The standard InChI is InChI=1S/C20H23FN2OS/c21-16-7-5-15(6-8-16)20(9-10-20)19(24)22-14-17(18-4-3-13-25-18)23-11-1-2-12-23/h3-8,13,17H,1-2,9-12,14H2,(H,22,24). The first-order valence-electron chi connectivity index (χ1n) is 9.01. The molecule has 2 aromatic rings. The maximum atomic E-state index is 13.2. The van der Waals surface area contributed by atoms with Crippen LogP contribution >= 0.6 is 11.3 Å². The highest BCUT2D eigenvalue weighted by atomic mass is 32.1. The molecule has 2 aliphatic rings. The molecule has 1 aliphatic heterocycles. The van der Waals surface area contributed by atoms with Crippen LogP contribution in [0.25, 0.3) is 0 Å². The number of halogens is 1. The molecule has 3 nitrogen and oxygen atoms in total. The van der Waals surface area contributed by atoms with Gasteiger partial charge in [0.25, 0.3) is 0 Å². The quantitative estimate of drug-likeness (QED) is 0.850. The van der Waals surface area contributed by atoms with Crippen LogP contribution in [-0.2, 0) is 10.2 Å². The second-order valence-electron chi connectivity index (χ2n) is 7.07. The lowest BCUT2D eigenvalue weighted by molar-refractivity contribution is -0.123. The Balaban J connectivity index is 1.45. The summed E-state index contributed by atoms with van der Waals surface area (Å²) in [5.41, 5.74) is 0.485. The lowest BCUT2D eigenvalue weighted by atomic mass is 9.95. The van der Waals surface area contributed by atoms with Gasteiger partial charge in [-0.2, -0.15) is 0 Å². The number of nitrogens with zero attached hydrogens (tertiary/aromatic N) is 1. The number of thiophene rings is 1. The smallest absolute Gasteiger partial charge is 0.230 e. The zero-order valence-corrected chi connectivity index (χ0v) is 15.0. The van der Waals surface area contributed by atoms with Gasteiger partial charge in [-0.05, 0) is 67.9 Å². The van der Waals surface area contributed by atoms with Crippen molar-refractivity contribution in [2.45, 2.75) is 37.1 Å². The normalized spacial score (nSPS) is 20.4. The van der Waals surface area contributed by atoms with Crippen LogP contribution in [0, 0.1) is 5.82 Å². The van der Waals surface area contributed by atoms with Crippen LogP contribution in [0.15, 0.2) is 41.8 Å². The van der Waals surface area contributed by atoms with E-state index < -0.39 is 5.41 Å². The molecule has 2 fully saturated rings. The van der Waals surface area contributed by atoms with Crippen molar-refractivity contribution in [3.63, 3.8) is 0 Å². The zero-order chi connectivity index (χ0) is 17.3. The lowest BCUT2D eigenvalue weighted by Crippen LogP contribution is -2.41. The number of amides is 1. The highest BCUT2D eigenvalue weighted by Gasteiger charge is 2.51. The van der Waals surface area contributed by atoms with E-state index in [9.17, 15) is 9.18 Å². The largest absolute Gasteiger partial charge is 0.353 e. The summed E-state index contributed by atoms with van der Waals surface area (Å²) < 4.78 is 13.2. The molecule has 1 unspecified atom stereocenters. The van der Waals surface area contributed by atoms with Gasteiger partial charge in [0.15, 0.2) is 0 Å². The molecule has 2 heterocycles. The number of rotatable bonds is 6. The Morgan fingerprint density at radius 2 is 1.92 bits per heavy atom. The third-order valence-electron chi connectivity index (χ3n) is 5.49. The second kappa shape index (κ2) is 6.89. The fraction of sp³-hybridized carbons (Fsp3) is 0.450. The second-order valence-corrected chi connectivity index (χ2v) is 8.05. The molecule has 1 amide bonds. The average molecular weight is 358 g/mol. The van der Waals surface area contributed by atoms with Gasteiger partial charge in [-0.25, -0.2) is 4.39 Å². The number of carbonyl (C=O) groups excluding carboxylic acids is 1. The number of benzene rings is 1. The SMILES string of the molecule is O=C(NCC(c1cccs1)N1CCCC1)C1(c2ccc(F)cc2)CC1. The van der Waals surface area contributed by atoms with Gasteiger partial charge in [-0.15, -0.1) is 11.3 Å². The van der Waals surface area contributed by atoms with E-state index in [1.165, 1.54) is 29.9 Å². The van der Waals surface area contributed by atoms with Gasteiger partial charge in [0.2, 0.25) is 5.91 Å². The summed E-state index contributed by atoms with van der Waals surface area (Å²) in [6, 6.07) is 10.9. The number of carbonyl (C=O) groups is 1. The summed E-state index contributed by atoms with van der Waals surface area (Å²) in [5, 5.41) is 5.29. The molecule has 1 aromatic carbocycles. The fourth-order valence-electron chi connectivity index (χ4n) is 3.84. The van der Waals surface area contributed by atoms with Crippen LogP contribution < -0.4 is 5.32 Å². The highest BCUT2D eigenvalue weighted by Crippen LogP contribution is 2.48. The van der Waals surface area contributed by atoms with E-state index in [1.807, 2.05) is 0 Å². The predicted molar refractivity (Wildman–Crippen MR) is 98.2 cm³/mol. The first kappa shape index (κ1) is 16.7. The predicted octanol–water partition coefficient (Wildman–Crippen LogP) is 3.87. The highest BCUT2D eigenvalue weighted by molar-refractivity contribution is 7.10. The van der Waals surface area contributed by atoms with E-state index in [2.05, 4.69) is 27.7 Å². The summed E-state index contributed by atoms with van der Waals surface area (Å²) in [5.74, 6) is -0.174. The molecule has 1 aromatic heterocycles. The zero-order valence-electron chi connectivity index (χ0n) is 14.2. The van der Waals surface area contributed by atoms with Crippen LogP contribution in [0.2, 0.25) is 0 Å². The van der Waals surface area contributed by atoms with E-state index in [0.29, 0.717) is 6.54 Å². The lowest BCUT2D eigenvalue weighted by Gasteiger charge is -2.28. The van der Waals surface area contributed by atoms with E-state index in [1.54, 1.807) is 23.5 Å². The van der Waals surface area contributed by atoms with Crippen molar-refractivity contribution < 1.29 is 9.18 Å². The van der Waals surface area contributed by atoms with Gasteiger partial charge in [0.1, 0.15) is 5.82 Å². The Kier molecular flexibility index (Phi) is 4.61. The minimum absolute atomic E-state index is 0.0832. The third-order valence-corrected chi connectivity index (χ3v) is 6.46. The van der Waals surface area contributed by atoms with Crippen molar-refractivity contribution in [3.05, 3.63) is 58.0 Å². The Bertz CT molecular complexity index is 719. The average Bonchev–Trinajstić information content (AvgIpc) is 3.02. The van der Waals surface area contributed by atoms with Crippen LogP contribution in [0.4, 0.5) is 4.39 Å². The number of hydrogen-bond acceptors (Lipinski definition) is 3. The topological polar surface area (TPSA) is 32.3 Å². The summed E-state index contributed by atoms with van der Waals surface area (Å²) in [6.07, 6.45) is 4.15.